The van der Waals surface area contributed by atoms with E-state index in [4.69, 9.17) is 16.3 Å². The quantitative estimate of drug-likeness (QED) is 0.309. The molecule has 0 saturated heterocycles. The van der Waals surface area contributed by atoms with Gasteiger partial charge in [0, 0.05) is 22.0 Å². The van der Waals surface area contributed by atoms with Crippen molar-refractivity contribution in [1.82, 2.24) is 14.8 Å². The highest BCUT2D eigenvalue weighted by molar-refractivity contribution is 8.00. The third kappa shape index (κ3) is 5.56. The van der Waals surface area contributed by atoms with Gasteiger partial charge in [-0.05, 0) is 74.5 Å². The number of halogens is 1. The minimum absolute atomic E-state index is 0.125. The maximum absolute atomic E-state index is 12.9. The summed E-state index contributed by atoms with van der Waals surface area (Å²) in [4.78, 5) is 12.9. The number of nitrogens with one attached hydrogen (secondary N) is 1. The van der Waals surface area contributed by atoms with Crippen molar-refractivity contribution in [3.05, 3.63) is 83.9 Å². The van der Waals surface area contributed by atoms with Crippen LogP contribution in [0.1, 0.15) is 13.8 Å². The molecule has 0 aliphatic rings. The van der Waals surface area contributed by atoms with E-state index >= 15 is 0 Å². The maximum Gasteiger partial charge on any atom is 0.237 e. The van der Waals surface area contributed by atoms with Gasteiger partial charge < -0.3 is 10.1 Å². The fourth-order valence-corrected chi connectivity index (χ4v) is 4.19. The number of rotatable bonds is 8. The van der Waals surface area contributed by atoms with E-state index in [0.29, 0.717) is 28.3 Å². The van der Waals surface area contributed by atoms with Crippen molar-refractivity contribution < 1.29 is 9.53 Å². The monoisotopic (exact) mass is 478 g/mol. The van der Waals surface area contributed by atoms with Crippen molar-refractivity contribution in [2.45, 2.75) is 24.3 Å². The zero-order valence-corrected chi connectivity index (χ0v) is 19.8. The Labute approximate surface area is 202 Å². The molecule has 1 aromatic heterocycles. The van der Waals surface area contributed by atoms with Crippen molar-refractivity contribution in [2.75, 3.05) is 11.9 Å². The second-order valence-corrected chi connectivity index (χ2v) is 8.94. The smallest absolute Gasteiger partial charge is 0.237 e. The number of anilines is 1. The van der Waals surface area contributed by atoms with Crippen LogP contribution in [0.4, 0.5) is 5.69 Å². The first-order valence-electron chi connectivity index (χ1n) is 10.5. The predicted octanol–water partition coefficient (Wildman–Crippen LogP) is 6.11. The van der Waals surface area contributed by atoms with Crippen LogP contribution in [-0.4, -0.2) is 32.5 Å². The lowest BCUT2D eigenvalue weighted by molar-refractivity contribution is -0.115. The number of amides is 1. The standard InChI is InChI=1S/C25H23ClN4O2S/c1-3-32-22-15-13-20(14-16-22)27-24(31)17(2)33-25-29-28-23(18-9-11-19(26)12-10-18)30(25)21-7-5-4-6-8-21/h4-17H,3H2,1-2H3,(H,27,31). The minimum Gasteiger partial charge on any atom is -0.494 e. The van der Waals surface area contributed by atoms with Crippen LogP contribution in [0.15, 0.2) is 84.0 Å². The maximum atomic E-state index is 12.9. The van der Waals surface area contributed by atoms with Gasteiger partial charge in [0.1, 0.15) is 5.75 Å². The predicted molar refractivity (Wildman–Crippen MR) is 133 cm³/mol. The summed E-state index contributed by atoms with van der Waals surface area (Å²) in [6.07, 6.45) is 0. The Morgan fingerprint density at radius 1 is 1.03 bits per heavy atom. The number of para-hydroxylation sites is 1. The zero-order valence-electron chi connectivity index (χ0n) is 18.2. The van der Waals surface area contributed by atoms with E-state index < -0.39 is 5.25 Å². The van der Waals surface area contributed by atoms with Crippen molar-refractivity contribution in [2.24, 2.45) is 0 Å². The first kappa shape index (κ1) is 22.9. The van der Waals surface area contributed by atoms with Gasteiger partial charge >= 0.3 is 0 Å². The van der Waals surface area contributed by atoms with Crippen LogP contribution in [0.3, 0.4) is 0 Å². The molecular weight excluding hydrogens is 456 g/mol. The largest absolute Gasteiger partial charge is 0.494 e. The van der Waals surface area contributed by atoms with Gasteiger partial charge in [0.05, 0.1) is 11.9 Å². The SMILES string of the molecule is CCOc1ccc(NC(=O)C(C)Sc2nnc(-c3ccc(Cl)cc3)n2-c2ccccc2)cc1. The summed E-state index contributed by atoms with van der Waals surface area (Å²) >= 11 is 7.41. The van der Waals surface area contributed by atoms with Gasteiger partial charge in [-0.15, -0.1) is 10.2 Å². The molecule has 3 aromatic carbocycles. The van der Waals surface area contributed by atoms with E-state index in [0.717, 1.165) is 17.0 Å². The number of hydrogen-bond donors (Lipinski definition) is 1. The van der Waals surface area contributed by atoms with Crippen molar-refractivity contribution in [3.63, 3.8) is 0 Å². The number of ether oxygens (including phenoxy) is 1. The van der Waals surface area contributed by atoms with Gasteiger partial charge in [-0.2, -0.15) is 0 Å². The van der Waals surface area contributed by atoms with Crippen molar-refractivity contribution >= 4 is 35.0 Å². The highest BCUT2D eigenvalue weighted by Gasteiger charge is 2.22. The first-order valence-corrected chi connectivity index (χ1v) is 11.8. The number of thioether (sulfide) groups is 1. The summed E-state index contributed by atoms with van der Waals surface area (Å²) < 4.78 is 7.40. The second-order valence-electron chi connectivity index (χ2n) is 7.19. The van der Waals surface area contributed by atoms with Crippen molar-refractivity contribution in [3.8, 4) is 22.8 Å². The van der Waals surface area contributed by atoms with E-state index in [-0.39, 0.29) is 5.91 Å². The Balaban J connectivity index is 1.57. The summed E-state index contributed by atoms with van der Waals surface area (Å²) in [7, 11) is 0. The molecule has 8 heteroatoms. The summed E-state index contributed by atoms with van der Waals surface area (Å²) in [5, 5.41) is 12.6. The van der Waals surface area contributed by atoms with E-state index in [2.05, 4.69) is 15.5 Å². The number of carbonyl (C=O) groups excluding carboxylic acids is 1. The molecule has 1 unspecified atom stereocenters. The minimum atomic E-state index is -0.402. The van der Waals surface area contributed by atoms with E-state index in [1.165, 1.54) is 11.8 Å². The fraction of sp³-hybridized carbons (Fsp3) is 0.160. The average Bonchev–Trinajstić information content (AvgIpc) is 3.25. The van der Waals surface area contributed by atoms with Gasteiger partial charge in [0.25, 0.3) is 0 Å². The number of benzene rings is 3. The topological polar surface area (TPSA) is 69.0 Å². The normalized spacial score (nSPS) is 11.7. The molecule has 0 saturated carbocycles. The molecule has 1 N–H and O–H groups in total. The summed E-state index contributed by atoms with van der Waals surface area (Å²) in [6.45, 7) is 4.38. The van der Waals surface area contributed by atoms with Crippen LogP contribution in [0.5, 0.6) is 5.75 Å². The van der Waals surface area contributed by atoms with Crippen LogP contribution < -0.4 is 10.1 Å². The number of hydrogen-bond acceptors (Lipinski definition) is 5. The lowest BCUT2D eigenvalue weighted by atomic mass is 10.2. The van der Waals surface area contributed by atoms with Crippen LogP contribution in [0.2, 0.25) is 5.02 Å². The molecule has 4 rings (SSSR count). The number of carbonyl (C=O) groups is 1. The number of nitrogens with zero attached hydrogens (tertiary/aromatic N) is 3. The molecule has 0 bridgehead atoms. The molecule has 0 aliphatic heterocycles. The molecule has 1 amide bonds. The Morgan fingerprint density at radius 2 is 1.73 bits per heavy atom. The van der Waals surface area contributed by atoms with Gasteiger partial charge in [-0.3, -0.25) is 9.36 Å². The molecule has 33 heavy (non-hydrogen) atoms. The van der Waals surface area contributed by atoms with Gasteiger partial charge in [0.2, 0.25) is 5.91 Å². The lowest BCUT2D eigenvalue weighted by Crippen LogP contribution is -2.22. The van der Waals surface area contributed by atoms with E-state index in [1.54, 1.807) is 0 Å². The molecular formula is C25H23ClN4O2S. The highest BCUT2D eigenvalue weighted by Crippen LogP contribution is 2.31. The Kier molecular flexibility index (Phi) is 7.32. The highest BCUT2D eigenvalue weighted by atomic mass is 35.5. The lowest BCUT2D eigenvalue weighted by Gasteiger charge is -2.14. The second kappa shape index (κ2) is 10.6. The van der Waals surface area contributed by atoms with E-state index in [1.807, 2.05) is 97.3 Å². The molecule has 1 heterocycles. The molecule has 0 aliphatic carbocycles. The molecule has 4 aromatic rings. The molecule has 6 nitrogen and oxygen atoms in total. The van der Waals surface area contributed by atoms with Crippen LogP contribution in [-0.2, 0) is 4.79 Å². The average molecular weight is 479 g/mol. The van der Waals surface area contributed by atoms with Crippen LogP contribution in [0, 0.1) is 0 Å². The summed E-state index contributed by atoms with van der Waals surface area (Å²) in [5.74, 6) is 1.32. The summed E-state index contributed by atoms with van der Waals surface area (Å²) in [6, 6.07) is 24.6. The molecule has 0 spiro atoms. The molecule has 0 fully saturated rings. The molecule has 1 atom stereocenters. The number of aromatic nitrogens is 3. The molecule has 168 valence electrons. The Hall–Kier alpha value is -3.29. The third-order valence-electron chi connectivity index (χ3n) is 4.83. The third-order valence-corrected chi connectivity index (χ3v) is 6.13. The Bertz CT molecular complexity index is 1210. The van der Waals surface area contributed by atoms with Crippen molar-refractivity contribution in [1.29, 1.82) is 0 Å². The van der Waals surface area contributed by atoms with Gasteiger partial charge in [-0.25, -0.2) is 0 Å². The molecule has 0 radical (unpaired) electrons. The zero-order chi connectivity index (χ0) is 23.2. The van der Waals surface area contributed by atoms with Crippen LogP contribution in [0.25, 0.3) is 17.1 Å². The first-order chi connectivity index (χ1) is 16.0. The Morgan fingerprint density at radius 3 is 2.39 bits per heavy atom. The van der Waals surface area contributed by atoms with E-state index in [9.17, 15) is 4.79 Å². The van der Waals surface area contributed by atoms with Crippen LogP contribution >= 0.6 is 23.4 Å². The van der Waals surface area contributed by atoms with Gasteiger partial charge in [-0.1, -0.05) is 41.6 Å². The fourth-order valence-electron chi connectivity index (χ4n) is 3.20. The van der Waals surface area contributed by atoms with Gasteiger partial charge in [0.15, 0.2) is 11.0 Å². The summed E-state index contributed by atoms with van der Waals surface area (Å²) in [5.41, 5.74) is 2.51.